The van der Waals surface area contributed by atoms with Gasteiger partial charge in [0.05, 0.1) is 48.2 Å². The van der Waals surface area contributed by atoms with Crippen LogP contribution in [-0.2, 0) is 0 Å². The van der Waals surface area contributed by atoms with Crippen molar-refractivity contribution in [3.05, 3.63) is 34.3 Å². The number of carbonyl (C=O) groups is 1. The summed E-state index contributed by atoms with van der Waals surface area (Å²) in [5.41, 5.74) is 1.13. The summed E-state index contributed by atoms with van der Waals surface area (Å²) in [6.07, 6.45) is 2.08. The van der Waals surface area contributed by atoms with Gasteiger partial charge in [-0.25, -0.2) is 4.98 Å². The lowest BCUT2D eigenvalue weighted by Gasteiger charge is -2.16. The van der Waals surface area contributed by atoms with E-state index in [2.05, 4.69) is 33.2 Å². The van der Waals surface area contributed by atoms with E-state index in [9.17, 15) is 4.79 Å². The lowest BCUT2D eigenvalue weighted by atomic mass is 10.1. The third kappa shape index (κ3) is 4.62. The topological polar surface area (TPSA) is 78.9 Å². The van der Waals surface area contributed by atoms with E-state index < -0.39 is 0 Å². The summed E-state index contributed by atoms with van der Waals surface area (Å²) >= 11 is 4.81. The number of thiazole rings is 1. The van der Waals surface area contributed by atoms with E-state index in [0.717, 1.165) is 28.8 Å². The number of amides is 1. The van der Waals surface area contributed by atoms with Crippen molar-refractivity contribution >= 4 is 48.5 Å². The van der Waals surface area contributed by atoms with Crippen LogP contribution in [0.5, 0.6) is 23.0 Å². The quantitative estimate of drug-likeness (QED) is 0.394. The highest BCUT2D eigenvalue weighted by Gasteiger charge is 2.23. The van der Waals surface area contributed by atoms with Gasteiger partial charge in [-0.3, -0.25) is 10.1 Å². The van der Waals surface area contributed by atoms with Crippen LogP contribution in [0, 0.1) is 0 Å². The number of benzene rings is 2. The molecule has 3 rings (SSSR count). The molecule has 0 fully saturated rings. The average Bonchev–Trinajstić information content (AvgIpc) is 3.14. The van der Waals surface area contributed by atoms with Crippen molar-refractivity contribution in [2.75, 3.05) is 33.3 Å². The normalized spacial score (nSPS) is 10.7. The number of hydrogen-bond donors (Lipinski definition) is 1. The number of halogens is 1. The van der Waals surface area contributed by atoms with Gasteiger partial charge >= 0.3 is 0 Å². The lowest BCUT2D eigenvalue weighted by molar-refractivity contribution is 0.102. The predicted octanol–water partition coefficient (Wildman–Crippen LogP) is 5.52. The third-order valence-electron chi connectivity index (χ3n) is 4.36. The molecule has 1 amide bonds. The Morgan fingerprint density at radius 2 is 1.90 bits per heavy atom. The summed E-state index contributed by atoms with van der Waals surface area (Å²) in [6, 6.07) is 7.30. The van der Waals surface area contributed by atoms with Gasteiger partial charge < -0.3 is 18.9 Å². The number of carbonyl (C=O) groups excluding carboxylic acids is 1. The number of nitrogens with zero attached hydrogens (tertiary/aromatic N) is 1. The summed E-state index contributed by atoms with van der Waals surface area (Å²) in [5, 5.41) is 3.33. The minimum atomic E-state index is -0.348. The summed E-state index contributed by atoms with van der Waals surface area (Å²) < 4.78 is 23.2. The van der Waals surface area contributed by atoms with Crippen molar-refractivity contribution < 1.29 is 23.7 Å². The minimum Gasteiger partial charge on any atom is -0.494 e. The van der Waals surface area contributed by atoms with Crippen LogP contribution in [0.3, 0.4) is 0 Å². The van der Waals surface area contributed by atoms with Crippen molar-refractivity contribution in [2.45, 2.75) is 19.8 Å². The number of unbranched alkanes of at least 4 members (excludes halogenated alkanes) is 1. The Balaban J connectivity index is 1.86. The molecule has 0 bridgehead atoms. The summed E-state index contributed by atoms with van der Waals surface area (Å²) in [4.78, 5) is 17.4. The molecule has 0 atom stereocenters. The Kier molecular flexibility index (Phi) is 7.38. The maximum Gasteiger partial charge on any atom is 0.258 e. The highest BCUT2D eigenvalue weighted by molar-refractivity contribution is 9.10. The van der Waals surface area contributed by atoms with Crippen LogP contribution in [0.15, 0.2) is 28.7 Å². The third-order valence-corrected chi connectivity index (χ3v) is 6.08. The monoisotopic (exact) mass is 494 g/mol. The van der Waals surface area contributed by atoms with Crippen LogP contribution < -0.4 is 24.3 Å². The summed E-state index contributed by atoms with van der Waals surface area (Å²) in [7, 11) is 4.51. The Morgan fingerprint density at radius 3 is 2.57 bits per heavy atom. The molecule has 160 valence electrons. The molecular formula is C21H23BrN2O5S. The summed E-state index contributed by atoms with van der Waals surface area (Å²) in [5.74, 6) is 1.62. The minimum absolute atomic E-state index is 0.340. The molecule has 1 N–H and O–H groups in total. The Morgan fingerprint density at radius 1 is 1.13 bits per heavy atom. The van der Waals surface area contributed by atoms with E-state index in [1.807, 2.05) is 18.2 Å². The Labute approximate surface area is 187 Å². The second-order valence-electron chi connectivity index (χ2n) is 6.31. The van der Waals surface area contributed by atoms with Gasteiger partial charge in [0.2, 0.25) is 5.75 Å². The van der Waals surface area contributed by atoms with Crippen molar-refractivity contribution in [1.82, 2.24) is 4.98 Å². The first kappa shape index (κ1) is 22.2. The van der Waals surface area contributed by atoms with Crippen molar-refractivity contribution in [1.29, 1.82) is 0 Å². The van der Waals surface area contributed by atoms with E-state index >= 15 is 0 Å². The lowest BCUT2D eigenvalue weighted by Crippen LogP contribution is -2.13. The maximum absolute atomic E-state index is 12.9. The Hall–Kier alpha value is -2.52. The first-order valence-electron chi connectivity index (χ1n) is 9.35. The predicted molar refractivity (Wildman–Crippen MR) is 122 cm³/mol. The Bertz CT molecular complexity index is 1050. The zero-order valence-corrected chi connectivity index (χ0v) is 19.6. The van der Waals surface area contributed by atoms with Crippen molar-refractivity contribution in [2.24, 2.45) is 0 Å². The average molecular weight is 495 g/mol. The standard InChI is InChI=1S/C21H23BrN2O5S/c1-5-6-9-29-12-7-8-14-16(10-12)30-21(23-14)24-20(25)13-11-15(26-2)18(27-3)19(28-4)17(13)22/h7-8,10-11H,5-6,9H2,1-4H3,(H,23,24,25). The van der Waals surface area contributed by atoms with Crippen LogP contribution >= 0.6 is 27.3 Å². The molecule has 3 aromatic rings. The van der Waals surface area contributed by atoms with Gasteiger partial charge in [0.25, 0.3) is 5.91 Å². The van der Waals surface area contributed by atoms with Gasteiger partial charge in [-0.05, 0) is 46.6 Å². The molecule has 1 heterocycles. The van der Waals surface area contributed by atoms with Crippen molar-refractivity contribution in [3.63, 3.8) is 0 Å². The highest BCUT2D eigenvalue weighted by atomic mass is 79.9. The molecule has 0 aliphatic carbocycles. The van der Waals surface area contributed by atoms with Crippen LogP contribution in [0.2, 0.25) is 0 Å². The first-order valence-corrected chi connectivity index (χ1v) is 11.0. The zero-order chi connectivity index (χ0) is 21.7. The first-order chi connectivity index (χ1) is 14.5. The van der Waals surface area contributed by atoms with E-state index in [1.54, 1.807) is 6.07 Å². The van der Waals surface area contributed by atoms with E-state index in [0.29, 0.717) is 39.0 Å². The largest absolute Gasteiger partial charge is 0.494 e. The number of methoxy groups -OCH3 is 3. The molecule has 30 heavy (non-hydrogen) atoms. The fraction of sp³-hybridized carbons (Fsp3) is 0.333. The van der Waals surface area contributed by atoms with Crippen LogP contribution in [-0.4, -0.2) is 38.8 Å². The maximum atomic E-state index is 12.9. The molecule has 7 nitrogen and oxygen atoms in total. The SMILES string of the molecule is CCCCOc1ccc2nc(NC(=O)c3cc(OC)c(OC)c(OC)c3Br)sc2c1. The van der Waals surface area contributed by atoms with Crippen molar-refractivity contribution in [3.8, 4) is 23.0 Å². The number of aromatic nitrogens is 1. The van der Waals surface area contributed by atoms with Gasteiger partial charge in [0.15, 0.2) is 16.6 Å². The number of nitrogens with one attached hydrogen (secondary N) is 1. The zero-order valence-electron chi connectivity index (χ0n) is 17.2. The van der Waals surface area contributed by atoms with Gasteiger partial charge in [0, 0.05) is 0 Å². The number of fused-ring (bicyclic) bond motifs is 1. The van der Waals surface area contributed by atoms with E-state index in [4.69, 9.17) is 18.9 Å². The number of ether oxygens (including phenoxy) is 4. The molecule has 0 radical (unpaired) electrons. The van der Waals surface area contributed by atoms with Crippen LogP contribution in [0.1, 0.15) is 30.1 Å². The molecule has 0 aliphatic heterocycles. The molecular weight excluding hydrogens is 472 g/mol. The highest BCUT2D eigenvalue weighted by Crippen LogP contribution is 2.45. The molecule has 0 saturated carbocycles. The van der Waals surface area contributed by atoms with Gasteiger partial charge in [-0.2, -0.15) is 0 Å². The second-order valence-corrected chi connectivity index (χ2v) is 8.14. The van der Waals surface area contributed by atoms with Crippen LogP contribution in [0.25, 0.3) is 10.2 Å². The molecule has 9 heteroatoms. The molecule has 2 aromatic carbocycles. The van der Waals surface area contributed by atoms with Crippen LogP contribution in [0.4, 0.5) is 5.13 Å². The summed E-state index contributed by atoms with van der Waals surface area (Å²) in [6.45, 7) is 2.80. The molecule has 0 unspecified atom stereocenters. The fourth-order valence-electron chi connectivity index (χ4n) is 2.83. The molecule has 0 spiro atoms. The molecule has 0 aliphatic rings. The molecule has 0 saturated heterocycles. The van der Waals surface area contributed by atoms with E-state index in [-0.39, 0.29) is 5.91 Å². The smallest absolute Gasteiger partial charge is 0.258 e. The van der Waals surface area contributed by atoms with Gasteiger partial charge in [-0.15, -0.1) is 0 Å². The van der Waals surface area contributed by atoms with Gasteiger partial charge in [0.1, 0.15) is 5.75 Å². The number of rotatable bonds is 9. The fourth-order valence-corrected chi connectivity index (χ4v) is 4.36. The van der Waals surface area contributed by atoms with E-state index in [1.165, 1.54) is 32.7 Å². The van der Waals surface area contributed by atoms with Gasteiger partial charge in [-0.1, -0.05) is 24.7 Å². The number of anilines is 1. The molecule has 1 aromatic heterocycles. The second kappa shape index (κ2) is 9.99. The number of hydrogen-bond acceptors (Lipinski definition) is 7.